The number of hydrogen-bond acceptors (Lipinski definition) is 9. The van der Waals surface area contributed by atoms with Gasteiger partial charge in [-0.05, 0) is 86.3 Å². The van der Waals surface area contributed by atoms with Gasteiger partial charge in [0, 0.05) is 66.1 Å². The van der Waals surface area contributed by atoms with E-state index in [1.165, 1.54) is 0 Å². The van der Waals surface area contributed by atoms with E-state index in [9.17, 15) is 19.2 Å². The molecule has 300 valence electrons. The Morgan fingerprint density at radius 1 is 0.800 bits per heavy atom. The summed E-state index contributed by atoms with van der Waals surface area (Å²) in [5, 5.41) is 17.7. The van der Waals surface area contributed by atoms with Crippen molar-refractivity contribution in [3.05, 3.63) is 54.1 Å². The molecule has 3 N–H and O–H groups in total. The van der Waals surface area contributed by atoms with Crippen LogP contribution in [-0.2, 0) is 37.0 Å². The average Bonchev–Trinajstić information content (AvgIpc) is 3.52. The number of hydrogen-bond donors (Lipinski definition) is 3. The summed E-state index contributed by atoms with van der Waals surface area (Å²) >= 11 is 0. The fourth-order valence-electron chi connectivity index (χ4n) is 6.28. The number of fused-ring (bicyclic) bond motifs is 5. The topological polar surface area (TPSA) is 148 Å². The maximum absolute atomic E-state index is 14.0. The Bertz CT molecular complexity index is 1790. The molecule has 1 aromatic heterocycles. The number of benzene rings is 2. The van der Waals surface area contributed by atoms with E-state index >= 15 is 0 Å². The van der Waals surface area contributed by atoms with Gasteiger partial charge >= 0.3 is 0 Å². The molecule has 1 aliphatic heterocycles. The molecule has 0 spiro atoms. The summed E-state index contributed by atoms with van der Waals surface area (Å²) in [5.41, 5.74) is 3.57. The molecule has 0 radical (unpaired) electrons. The lowest BCUT2D eigenvalue weighted by Gasteiger charge is -2.31. The number of anilines is 1. The third-order valence-corrected chi connectivity index (χ3v) is 12.8. The van der Waals surface area contributed by atoms with Crippen molar-refractivity contribution >= 4 is 50.9 Å². The lowest BCUT2D eigenvalue weighted by Crippen LogP contribution is -2.45. The smallest absolute Gasteiger partial charge is 0.241 e. The first-order chi connectivity index (χ1) is 26.0. The van der Waals surface area contributed by atoms with Crippen LogP contribution < -0.4 is 20.9 Å². The molecule has 3 aromatic rings. The summed E-state index contributed by atoms with van der Waals surface area (Å²) in [6, 6.07) is 15.3. The van der Waals surface area contributed by atoms with E-state index in [-0.39, 0.29) is 59.9 Å². The Kier molecular flexibility index (Phi) is 15.8. The van der Waals surface area contributed by atoms with Gasteiger partial charge in [0.25, 0.3) is 0 Å². The van der Waals surface area contributed by atoms with Crippen molar-refractivity contribution in [3.8, 4) is 22.5 Å². The van der Waals surface area contributed by atoms with E-state index in [4.69, 9.17) is 4.74 Å². The number of para-hydroxylation sites is 1. The van der Waals surface area contributed by atoms with E-state index in [0.717, 1.165) is 41.0 Å². The van der Waals surface area contributed by atoms with Crippen LogP contribution in [0.2, 0.25) is 0 Å². The van der Waals surface area contributed by atoms with Gasteiger partial charge in [-0.1, -0.05) is 69.3 Å². The fourth-order valence-corrected chi connectivity index (χ4v) is 9.15. The standard InChI is InChI=1S/C41H59N7O5S2/c1-9-42-33(49)21-22-41(7,8)55-54-26-24-40(5,6)53-25-23-39(3,4)44-34(50)19-20-36(52)47-27-29-15-11-12-16-30(29)38-37(31-17-13-14-18-32(31)47)45-46-48(38)28-35(51)43-10-2/h11-18H,9-10,19-28H2,1-8H3,(H,42,49)(H,43,51)(H,44,50). The number of ether oxygens (including phenoxy) is 1. The van der Waals surface area contributed by atoms with Crippen molar-refractivity contribution in [2.45, 2.75) is 123 Å². The highest BCUT2D eigenvalue weighted by Gasteiger charge is 2.30. The predicted molar refractivity (Wildman–Crippen MR) is 224 cm³/mol. The van der Waals surface area contributed by atoms with Gasteiger partial charge in [-0.2, -0.15) is 0 Å². The van der Waals surface area contributed by atoms with Crippen LogP contribution in [0.25, 0.3) is 22.5 Å². The van der Waals surface area contributed by atoms with Gasteiger partial charge in [0.2, 0.25) is 23.6 Å². The van der Waals surface area contributed by atoms with Crippen LogP contribution in [0.3, 0.4) is 0 Å². The van der Waals surface area contributed by atoms with Gasteiger partial charge in [-0.3, -0.25) is 19.2 Å². The molecule has 0 saturated heterocycles. The number of carbonyl (C=O) groups excluding carboxylic acids is 4. The quantitative estimate of drug-likeness (QED) is 0.0820. The SMILES string of the molecule is CCNC(=O)CCC(C)(C)SSCCC(C)(C)OCCC(C)(C)NC(=O)CCC(=O)N1Cc2ccccc2-c2c(nnn2CC(=O)NCC)-c2ccccc21. The molecule has 0 atom stereocenters. The van der Waals surface area contributed by atoms with Crippen molar-refractivity contribution in [1.29, 1.82) is 0 Å². The Balaban J connectivity index is 1.31. The van der Waals surface area contributed by atoms with E-state index in [0.29, 0.717) is 43.9 Å². The molecule has 2 heterocycles. The van der Waals surface area contributed by atoms with Gasteiger partial charge in [-0.15, -0.1) is 5.10 Å². The molecule has 12 nitrogen and oxygen atoms in total. The van der Waals surface area contributed by atoms with Crippen molar-refractivity contribution in [3.63, 3.8) is 0 Å². The number of nitrogens with one attached hydrogen (secondary N) is 3. The molecule has 4 amide bonds. The van der Waals surface area contributed by atoms with Crippen molar-refractivity contribution in [2.75, 3.05) is 30.3 Å². The fraction of sp³-hybridized carbons (Fsp3) is 0.561. The molecule has 2 aromatic carbocycles. The zero-order valence-corrected chi connectivity index (χ0v) is 35.4. The Hall–Kier alpha value is -3.88. The maximum Gasteiger partial charge on any atom is 0.241 e. The Labute approximate surface area is 334 Å². The van der Waals surface area contributed by atoms with Crippen molar-refractivity contribution in [2.24, 2.45) is 0 Å². The normalized spacial score (nSPS) is 12.8. The number of carbonyl (C=O) groups is 4. The Morgan fingerprint density at radius 3 is 2.20 bits per heavy atom. The van der Waals surface area contributed by atoms with Crippen LogP contribution in [0.15, 0.2) is 48.5 Å². The lowest BCUT2D eigenvalue weighted by atomic mass is 9.95. The van der Waals surface area contributed by atoms with Crippen LogP contribution in [0, 0.1) is 0 Å². The first-order valence-corrected chi connectivity index (χ1v) is 21.6. The molecular weight excluding hydrogens is 735 g/mol. The molecule has 0 bridgehead atoms. The average molecular weight is 794 g/mol. The van der Waals surface area contributed by atoms with Gasteiger partial charge < -0.3 is 25.6 Å². The number of rotatable bonds is 20. The number of aromatic nitrogens is 3. The second kappa shape index (κ2) is 19.8. The summed E-state index contributed by atoms with van der Waals surface area (Å²) in [4.78, 5) is 53.4. The molecule has 1 aliphatic rings. The highest BCUT2D eigenvalue weighted by molar-refractivity contribution is 8.77. The van der Waals surface area contributed by atoms with E-state index < -0.39 is 5.54 Å². The van der Waals surface area contributed by atoms with Crippen LogP contribution in [0.4, 0.5) is 5.69 Å². The van der Waals surface area contributed by atoms with Gasteiger partial charge in [0.1, 0.15) is 12.2 Å². The molecule has 0 fully saturated rings. The minimum atomic E-state index is -0.531. The minimum Gasteiger partial charge on any atom is -0.375 e. The number of amides is 4. The second-order valence-corrected chi connectivity index (χ2v) is 18.8. The molecule has 0 unspecified atom stereocenters. The molecule has 0 aliphatic carbocycles. The van der Waals surface area contributed by atoms with Crippen LogP contribution in [0.5, 0.6) is 0 Å². The molecule has 0 saturated carbocycles. The number of likely N-dealkylation sites (N-methyl/N-ethyl adjacent to an activating group) is 1. The summed E-state index contributed by atoms with van der Waals surface area (Å²) in [7, 11) is 3.63. The van der Waals surface area contributed by atoms with E-state index in [2.05, 4.69) is 54.0 Å². The van der Waals surface area contributed by atoms with E-state index in [1.54, 1.807) is 9.58 Å². The summed E-state index contributed by atoms with van der Waals surface area (Å²) < 4.78 is 7.90. The first kappa shape index (κ1) is 43.8. The van der Waals surface area contributed by atoms with Gasteiger partial charge in [-0.25, -0.2) is 4.68 Å². The summed E-state index contributed by atoms with van der Waals surface area (Å²) in [5.74, 6) is 0.480. The molecule has 4 rings (SSSR count). The third kappa shape index (κ3) is 13.1. The molecule has 55 heavy (non-hydrogen) atoms. The highest BCUT2D eigenvalue weighted by atomic mass is 33.1. The number of nitrogens with zero attached hydrogens (tertiary/aromatic N) is 4. The minimum absolute atomic E-state index is 0.00212. The summed E-state index contributed by atoms with van der Waals surface area (Å²) in [6.45, 7) is 18.2. The first-order valence-electron chi connectivity index (χ1n) is 19.3. The van der Waals surface area contributed by atoms with Crippen molar-refractivity contribution in [1.82, 2.24) is 30.9 Å². The van der Waals surface area contributed by atoms with Crippen LogP contribution in [0.1, 0.15) is 99.5 Å². The van der Waals surface area contributed by atoms with Gasteiger partial charge in [0.15, 0.2) is 0 Å². The second-order valence-electron chi connectivity index (χ2n) is 15.7. The zero-order chi connectivity index (χ0) is 40.2. The molecule has 14 heteroatoms. The van der Waals surface area contributed by atoms with Crippen LogP contribution >= 0.6 is 21.6 Å². The van der Waals surface area contributed by atoms with Gasteiger partial charge in [0.05, 0.1) is 23.5 Å². The highest BCUT2D eigenvalue weighted by Crippen LogP contribution is 2.42. The van der Waals surface area contributed by atoms with Crippen molar-refractivity contribution < 1.29 is 23.9 Å². The lowest BCUT2D eigenvalue weighted by molar-refractivity contribution is -0.126. The maximum atomic E-state index is 14.0. The van der Waals surface area contributed by atoms with Crippen LogP contribution in [-0.4, -0.2) is 80.0 Å². The predicted octanol–water partition coefficient (Wildman–Crippen LogP) is 6.92. The largest absolute Gasteiger partial charge is 0.375 e. The Morgan fingerprint density at radius 2 is 1.47 bits per heavy atom. The zero-order valence-electron chi connectivity index (χ0n) is 33.8. The summed E-state index contributed by atoms with van der Waals surface area (Å²) in [6.07, 6.45) is 2.90. The third-order valence-electron chi connectivity index (χ3n) is 9.42. The molecular formula is C41H59N7O5S2. The monoisotopic (exact) mass is 793 g/mol. The van der Waals surface area contributed by atoms with E-state index in [1.807, 2.05) is 97.8 Å².